The zero-order chi connectivity index (χ0) is 14.4. The van der Waals surface area contributed by atoms with Gasteiger partial charge in [0, 0.05) is 0 Å². The van der Waals surface area contributed by atoms with E-state index in [0.29, 0.717) is 6.04 Å². The van der Waals surface area contributed by atoms with Crippen molar-refractivity contribution >= 4 is 0 Å². The van der Waals surface area contributed by atoms with Gasteiger partial charge in [-0.3, -0.25) is 0 Å². The van der Waals surface area contributed by atoms with Crippen LogP contribution >= 0.6 is 0 Å². The van der Waals surface area contributed by atoms with Gasteiger partial charge in [-0.15, -0.1) is 6.54 Å². The zero-order valence-electron chi connectivity index (χ0n) is 14.3. The molecular formula is C18H29LiN2. The molecule has 0 aromatic heterocycles. The van der Waals surface area contributed by atoms with Crippen LogP contribution in [-0.2, 0) is 0 Å². The Morgan fingerprint density at radius 1 is 1.05 bits per heavy atom. The summed E-state index contributed by atoms with van der Waals surface area (Å²) < 4.78 is 0. The molecule has 0 radical (unpaired) electrons. The summed E-state index contributed by atoms with van der Waals surface area (Å²) in [6.45, 7) is 11.3. The fourth-order valence-corrected chi connectivity index (χ4v) is 2.71. The Bertz CT molecular complexity index is 380. The summed E-state index contributed by atoms with van der Waals surface area (Å²) in [5, 5.41) is 5.02. The first kappa shape index (κ1) is 18.8. The normalized spacial score (nSPS) is 18.0. The molecule has 1 unspecified atom stereocenters. The standard InChI is InChI=1S/C18H29N2.Li/c1-18(2,3)15-19-17(16-10-6-4-7-11-16)14-20-12-8-5-9-13-20;/h4,6-7,10-11,17H,5,8-9,12-15H2,1-3H3;/q-1;+1. The van der Waals surface area contributed by atoms with Gasteiger partial charge in [0.25, 0.3) is 0 Å². The van der Waals surface area contributed by atoms with E-state index in [4.69, 9.17) is 5.32 Å². The van der Waals surface area contributed by atoms with Crippen molar-refractivity contribution in [2.75, 3.05) is 26.2 Å². The SMILES string of the molecule is CC(C)(C)C[N-]C(CN1CCCCC1)c1ccccc1.[Li+]. The molecule has 21 heavy (non-hydrogen) atoms. The zero-order valence-corrected chi connectivity index (χ0v) is 14.3. The maximum Gasteiger partial charge on any atom is 1.00 e. The van der Waals surface area contributed by atoms with E-state index in [1.807, 2.05) is 0 Å². The summed E-state index contributed by atoms with van der Waals surface area (Å²) in [4.78, 5) is 2.59. The van der Waals surface area contributed by atoms with E-state index in [2.05, 4.69) is 56.0 Å². The number of benzene rings is 1. The Kier molecular flexibility index (Phi) is 8.06. The van der Waals surface area contributed by atoms with Crippen LogP contribution in [0, 0.1) is 5.41 Å². The smallest absolute Gasteiger partial charge is 0.654 e. The number of piperidine rings is 1. The Morgan fingerprint density at radius 3 is 2.24 bits per heavy atom. The van der Waals surface area contributed by atoms with Crippen LogP contribution in [0.5, 0.6) is 0 Å². The van der Waals surface area contributed by atoms with Crippen LogP contribution in [0.15, 0.2) is 30.3 Å². The van der Waals surface area contributed by atoms with Crippen LogP contribution in [-0.4, -0.2) is 31.1 Å². The fraction of sp³-hybridized carbons (Fsp3) is 0.667. The summed E-state index contributed by atoms with van der Waals surface area (Å²) in [6, 6.07) is 11.1. The summed E-state index contributed by atoms with van der Waals surface area (Å²) in [5.41, 5.74) is 1.64. The van der Waals surface area contributed by atoms with E-state index < -0.39 is 0 Å². The van der Waals surface area contributed by atoms with Crippen LogP contribution in [0.1, 0.15) is 51.6 Å². The molecule has 1 aromatic rings. The van der Waals surface area contributed by atoms with Crippen molar-refractivity contribution in [1.82, 2.24) is 4.90 Å². The van der Waals surface area contributed by atoms with Crippen molar-refractivity contribution in [3.05, 3.63) is 41.2 Å². The first-order valence-corrected chi connectivity index (χ1v) is 7.98. The molecule has 2 rings (SSSR count). The van der Waals surface area contributed by atoms with E-state index in [1.54, 1.807) is 0 Å². The molecule has 1 aliphatic heterocycles. The molecule has 0 spiro atoms. The van der Waals surface area contributed by atoms with Crippen LogP contribution in [0.25, 0.3) is 5.32 Å². The number of likely N-dealkylation sites (tertiary alicyclic amines) is 1. The van der Waals surface area contributed by atoms with Gasteiger partial charge in [-0.05, 0) is 32.5 Å². The summed E-state index contributed by atoms with van der Waals surface area (Å²) in [5.74, 6) is 0. The second-order valence-electron chi connectivity index (χ2n) is 7.19. The molecule has 1 atom stereocenters. The van der Waals surface area contributed by atoms with Crippen molar-refractivity contribution in [3.63, 3.8) is 0 Å². The molecular weight excluding hydrogens is 251 g/mol. The maximum atomic E-state index is 5.02. The van der Waals surface area contributed by atoms with Crippen LogP contribution < -0.4 is 18.9 Å². The van der Waals surface area contributed by atoms with Crippen LogP contribution in [0.3, 0.4) is 0 Å². The molecule has 1 aliphatic rings. The predicted molar refractivity (Wildman–Crippen MR) is 87.2 cm³/mol. The Hall–Kier alpha value is -0.263. The quantitative estimate of drug-likeness (QED) is 0.750. The monoisotopic (exact) mass is 280 g/mol. The predicted octanol–water partition coefficient (Wildman–Crippen LogP) is 1.64. The van der Waals surface area contributed by atoms with Crippen molar-refractivity contribution < 1.29 is 18.9 Å². The van der Waals surface area contributed by atoms with E-state index in [-0.39, 0.29) is 24.3 Å². The molecule has 1 fully saturated rings. The number of nitrogens with zero attached hydrogens (tertiary/aromatic N) is 2. The van der Waals surface area contributed by atoms with Crippen LogP contribution in [0.2, 0.25) is 0 Å². The van der Waals surface area contributed by atoms with Crippen molar-refractivity contribution in [2.45, 2.75) is 46.1 Å². The molecule has 1 aromatic carbocycles. The van der Waals surface area contributed by atoms with Crippen LogP contribution in [0.4, 0.5) is 0 Å². The molecule has 0 aliphatic carbocycles. The summed E-state index contributed by atoms with van der Waals surface area (Å²) in [6.07, 6.45) is 4.09. The molecule has 0 bridgehead atoms. The average Bonchev–Trinajstić information content (AvgIpc) is 2.44. The fourth-order valence-electron chi connectivity index (χ4n) is 2.71. The van der Waals surface area contributed by atoms with Gasteiger partial charge in [0.15, 0.2) is 0 Å². The third-order valence-electron chi connectivity index (χ3n) is 3.85. The Balaban J connectivity index is 0.00000220. The largest absolute Gasteiger partial charge is 1.00 e. The van der Waals surface area contributed by atoms with Gasteiger partial charge in [0.2, 0.25) is 0 Å². The summed E-state index contributed by atoms with van der Waals surface area (Å²) >= 11 is 0. The second-order valence-corrected chi connectivity index (χ2v) is 7.19. The van der Waals surface area contributed by atoms with Gasteiger partial charge < -0.3 is 10.2 Å². The first-order chi connectivity index (χ1) is 9.54. The van der Waals surface area contributed by atoms with Gasteiger partial charge in [0.05, 0.1) is 0 Å². The number of hydrogen-bond acceptors (Lipinski definition) is 1. The molecule has 112 valence electrons. The summed E-state index contributed by atoms with van der Waals surface area (Å²) in [7, 11) is 0. The molecule has 0 N–H and O–H groups in total. The van der Waals surface area contributed by atoms with E-state index in [1.165, 1.54) is 37.9 Å². The topological polar surface area (TPSA) is 17.3 Å². The minimum Gasteiger partial charge on any atom is -0.654 e. The molecule has 2 nitrogen and oxygen atoms in total. The van der Waals surface area contributed by atoms with Gasteiger partial charge in [-0.1, -0.05) is 74.5 Å². The maximum absolute atomic E-state index is 5.02. The van der Waals surface area contributed by atoms with Gasteiger partial charge >= 0.3 is 18.9 Å². The van der Waals surface area contributed by atoms with Gasteiger partial charge in [0.1, 0.15) is 0 Å². The molecule has 1 heterocycles. The Morgan fingerprint density at radius 2 is 1.67 bits per heavy atom. The van der Waals surface area contributed by atoms with Gasteiger partial charge in [-0.25, -0.2) is 0 Å². The minimum atomic E-state index is 0. The van der Waals surface area contributed by atoms with Crippen molar-refractivity contribution in [1.29, 1.82) is 0 Å². The van der Waals surface area contributed by atoms with Crippen molar-refractivity contribution in [3.8, 4) is 0 Å². The van der Waals surface area contributed by atoms with E-state index in [9.17, 15) is 0 Å². The molecule has 0 saturated carbocycles. The van der Waals surface area contributed by atoms with Crippen molar-refractivity contribution in [2.24, 2.45) is 5.41 Å². The second kappa shape index (κ2) is 9.01. The third kappa shape index (κ3) is 7.02. The Labute approximate surface area is 142 Å². The average molecular weight is 280 g/mol. The minimum absolute atomic E-state index is 0. The molecule has 1 saturated heterocycles. The first-order valence-electron chi connectivity index (χ1n) is 7.98. The number of rotatable bonds is 5. The number of hydrogen-bond donors (Lipinski definition) is 0. The third-order valence-corrected chi connectivity index (χ3v) is 3.85. The molecule has 0 amide bonds. The van der Waals surface area contributed by atoms with E-state index in [0.717, 1.165) is 13.1 Å². The van der Waals surface area contributed by atoms with E-state index >= 15 is 0 Å². The molecule has 3 heteroatoms. The van der Waals surface area contributed by atoms with Gasteiger partial charge in [-0.2, -0.15) is 0 Å².